The Bertz CT molecular complexity index is 582. The molecule has 3 nitrogen and oxygen atoms in total. The van der Waals surface area contributed by atoms with E-state index in [1.807, 2.05) is 42.5 Å². The molecule has 0 spiro atoms. The fraction of sp³-hybridized carbons (Fsp3) is 0.188. The van der Waals surface area contributed by atoms with Gasteiger partial charge in [0.15, 0.2) is 0 Å². The van der Waals surface area contributed by atoms with E-state index in [0.717, 1.165) is 16.9 Å². The maximum absolute atomic E-state index is 9.41. The van der Waals surface area contributed by atoms with Crippen molar-refractivity contribution >= 4 is 0 Å². The van der Waals surface area contributed by atoms with E-state index in [1.165, 1.54) is 0 Å². The van der Waals surface area contributed by atoms with E-state index in [4.69, 9.17) is 10.00 Å². The van der Waals surface area contributed by atoms with Gasteiger partial charge in [-0.15, -0.1) is 0 Å². The molecule has 1 N–H and O–H groups in total. The Morgan fingerprint density at radius 3 is 2.58 bits per heavy atom. The standard InChI is InChI=1S/C16H15NO2/c1-12(18)15-5-7-16(8-6-15)19-11-14-4-2-3-13(9-14)10-17/h2-9,12,18H,11H2,1H3. The first kappa shape index (κ1) is 13.1. The molecule has 3 heteroatoms. The highest BCUT2D eigenvalue weighted by molar-refractivity contribution is 5.33. The molecular formula is C16H15NO2. The maximum atomic E-state index is 9.41. The zero-order chi connectivity index (χ0) is 13.7. The molecule has 0 aliphatic carbocycles. The summed E-state index contributed by atoms with van der Waals surface area (Å²) >= 11 is 0. The first-order valence-electron chi connectivity index (χ1n) is 6.09. The van der Waals surface area contributed by atoms with Crippen molar-refractivity contribution < 1.29 is 9.84 Å². The lowest BCUT2D eigenvalue weighted by molar-refractivity contribution is 0.199. The number of rotatable bonds is 4. The molecule has 0 aliphatic heterocycles. The van der Waals surface area contributed by atoms with E-state index >= 15 is 0 Å². The highest BCUT2D eigenvalue weighted by Crippen LogP contribution is 2.18. The van der Waals surface area contributed by atoms with Crippen LogP contribution < -0.4 is 4.74 Å². The average Bonchev–Trinajstić information content (AvgIpc) is 2.46. The van der Waals surface area contributed by atoms with Gasteiger partial charge in [-0.2, -0.15) is 5.26 Å². The summed E-state index contributed by atoms with van der Waals surface area (Å²) in [6.45, 7) is 2.15. The predicted octanol–water partition coefficient (Wildman–Crippen LogP) is 3.19. The van der Waals surface area contributed by atoms with Crippen molar-refractivity contribution in [3.8, 4) is 11.8 Å². The molecular weight excluding hydrogens is 238 g/mol. The monoisotopic (exact) mass is 253 g/mol. The van der Waals surface area contributed by atoms with Crippen LogP contribution in [-0.2, 0) is 6.61 Å². The van der Waals surface area contributed by atoms with E-state index < -0.39 is 6.10 Å². The van der Waals surface area contributed by atoms with Crippen LogP contribution in [0.1, 0.15) is 29.7 Å². The van der Waals surface area contributed by atoms with Crippen LogP contribution in [0, 0.1) is 11.3 Å². The Kier molecular flexibility index (Phi) is 4.17. The third kappa shape index (κ3) is 3.57. The van der Waals surface area contributed by atoms with E-state index in [0.29, 0.717) is 12.2 Å². The highest BCUT2D eigenvalue weighted by atomic mass is 16.5. The summed E-state index contributed by atoms with van der Waals surface area (Å²) in [5, 5.41) is 18.2. The molecule has 0 saturated carbocycles. The minimum atomic E-state index is -0.471. The number of nitrogens with zero attached hydrogens (tertiary/aromatic N) is 1. The zero-order valence-electron chi connectivity index (χ0n) is 10.7. The molecule has 1 unspecified atom stereocenters. The van der Waals surface area contributed by atoms with Gasteiger partial charge in [0.1, 0.15) is 12.4 Å². The fourth-order valence-electron chi connectivity index (χ4n) is 1.74. The number of hydrogen-bond donors (Lipinski definition) is 1. The van der Waals surface area contributed by atoms with Gasteiger partial charge in [0.2, 0.25) is 0 Å². The maximum Gasteiger partial charge on any atom is 0.119 e. The van der Waals surface area contributed by atoms with Gasteiger partial charge >= 0.3 is 0 Å². The Morgan fingerprint density at radius 1 is 1.21 bits per heavy atom. The van der Waals surface area contributed by atoms with E-state index in [-0.39, 0.29) is 0 Å². The second kappa shape index (κ2) is 6.03. The zero-order valence-corrected chi connectivity index (χ0v) is 10.7. The molecule has 1 atom stereocenters. The van der Waals surface area contributed by atoms with Crippen molar-refractivity contribution in [3.05, 3.63) is 65.2 Å². The van der Waals surface area contributed by atoms with Crippen LogP contribution >= 0.6 is 0 Å². The summed E-state index contributed by atoms with van der Waals surface area (Å²) in [6, 6.07) is 16.8. The number of benzene rings is 2. The average molecular weight is 253 g/mol. The van der Waals surface area contributed by atoms with Crippen molar-refractivity contribution in [2.45, 2.75) is 19.6 Å². The SMILES string of the molecule is CC(O)c1ccc(OCc2cccc(C#N)c2)cc1. The third-order valence-corrected chi connectivity index (χ3v) is 2.82. The molecule has 0 aliphatic rings. The van der Waals surface area contributed by atoms with Gasteiger partial charge in [-0.1, -0.05) is 24.3 Å². The molecule has 0 bridgehead atoms. The quantitative estimate of drug-likeness (QED) is 0.910. The lowest BCUT2D eigenvalue weighted by atomic mass is 10.1. The van der Waals surface area contributed by atoms with Crippen LogP contribution in [0.3, 0.4) is 0 Å². The Labute approximate surface area is 112 Å². The van der Waals surface area contributed by atoms with E-state index in [2.05, 4.69) is 6.07 Å². The normalized spacial score (nSPS) is 11.6. The number of nitriles is 1. The summed E-state index contributed by atoms with van der Waals surface area (Å²) in [7, 11) is 0. The number of ether oxygens (including phenoxy) is 1. The summed E-state index contributed by atoms with van der Waals surface area (Å²) in [6.07, 6.45) is -0.471. The lowest BCUT2D eigenvalue weighted by Crippen LogP contribution is -1.96. The van der Waals surface area contributed by atoms with E-state index in [9.17, 15) is 5.11 Å². The van der Waals surface area contributed by atoms with Crippen LogP contribution in [-0.4, -0.2) is 5.11 Å². The second-order valence-electron chi connectivity index (χ2n) is 4.35. The van der Waals surface area contributed by atoms with Crippen LogP contribution in [0.5, 0.6) is 5.75 Å². The molecule has 2 aromatic rings. The Balaban J connectivity index is 2.00. The molecule has 0 radical (unpaired) electrons. The van der Waals surface area contributed by atoms with Crippen molar-refractivity contribution in [1.29, 1.82) is 5.26 Å². The van der Waals surface area contributed by atoms with Gasteiger partial charge in [0.05, 0.1) is 17.7 Å². The molecule has 0 fully saturated rings. The molecule has 0 aromatic heterocycles. The van der Waals surface area contributed by atoms with E-state index in [1.54, 1.807) is 13.0 Å². The van der Waals surface area contributed by atoms with Crippen LogP contribution in [0.2, 0.25) is 0 Å². The molecule has 0 heterocycles. The summed E-state index contributed by atoms with van der Waals surface area (Å²) < 4.78 is 5.64. The third-order valence-electron chi connectivity index (χ3n) is 2.82. The minimum Gasteiger partial charge on any atom is -0.489 e. The van der Waals surface area contributed by atoms with Crippen LogP contribution in [0.15, 0.2) is 48.5 Å². The van der Waals surface area contributed by atoms with Crippen molar-refractivity contribution in [2.75, 3.05) is 0 Å². The lowest BCUT2D eigenvalue weighted by Gasteiger charge is -2.08. The Hall–Kier alpha value is -2.31. The topological polar surface area (TPSA) is 53.2 Å². The number of aliphatic hydroxyl groups is 1. The smallest absolute Gasteiger partial charge is 0.119 e. The molecule has 0 amide bonds. The van der Waals surface area contributed by atoms with Gasteiger partial charge in [0.25, 0.3) is 0 Å². The Morgan fingerprint density at radius 2 is 1.95 bits per heavy atom. The molecule has 2 rings (SSSR count). The fourth-order valence-corrected chi connectivity index (χ4v) is 1.74. The van der Waals surface area contributed by atoms with Crippen molar-refractivity contribution in [1.82, 2.24) is 0 Å². The molecule has 96 valence electrons. The van der Waals surface area contributed by atoms with Crippen molar-refractivity contribution in [2.24, 2.45) is 0 Å². The van der Waals surface area contributed by atoms with Gasteiger partial charge < -0.3 is 9.84 Å². The van der Waals surface area contributed by atoms with Gasteiger partial charge in [-0.25, -0.2) is 0 Å². The highest BCUT2D eigenvalue weighted by Gasteiger charge is 2.01. The number of aliphatic hydroxyl groups excluding tert-OH is 1. The first-order chi connectivity index (χ1) is 9.19. The first-order valence-corrected chi connectivity index (χ1v) is 6.09. The van der Waals surface area contributed by atoms with Crippen LogP contribution in [0.25, 0.3) is 0 Å². The molecule has 2 aromatic carbocycles. The predicted molar refractivity (Wildman–Crippen MR) is 72.6 cm³/mol. The van der Waals surface area contributed by atoms with Crippen molar-refractivity contribution in [3.63, 3.8) is 0 Å². The van der Waals surface area contributed by atoms with Gasteiger partial charge in [0, 0.05) is 0 Å². The summed E-state index contributed by atoms with van der Waals surface area (Å²) in [4.78, 5) is 0. The van der Waals surface area contributed by atoms with Gasteiger partial charge in [-0.05, 0) is 42.3 Å². The minimum absolute atomic E-state index is 0.420. The molecule has 0 saturated heterocycles. The molecule has 19 heavy (non-hydrogen) atoms. The number of hydrogen-bond acceptors (Lipinski definition) is 3. The summed E-state index contributed by atoms with van der Waals surface area (Å²) in [5.41, 5.74) is 2.45. The largest absolute Gasteiger partial charge is 0.489 e. The van der Waals surface area contributed by atoms with Gasteiger partial charge in [-0.3, -0.25) is 0 Å². The second-order valence-corrected chi connectivity index (χ2v) is 4.35. The van der Waals surface area contributed by atoms with Crippen LogP contribution in [0.4, 0.5) is 0 Å². The summed E-state index contributed by atoms with van der Waals surface area (Å²) in [5.74, 6) is 0.742.